The van der Waals surface area contributed by atoms with Crippen molar-refractivity contribution in [3.05, 3.63) is 21.9 Å². The second-order valence-electron chi connectivity index (χ2n) is 3.51. The Kier molecular flexibility index (Phi) is 2.09. The lowest BCUT2D eigenvalue weighted by Gasteiger charge is -2.05. The largest absolute Gasteiger partial charge is 0.384 e. The molecule has 0 spiro atoms. The van der Waals surface area contributed by atoms with Gasteiger partial charge in [0.25, 0.3) is 0 Å². The van der Waals surface area contributed by atoms with Crippen molar-refractivity contribution in [2.24, 2.45) is 17.4 Å². The number of amidine groups is 1. The zero-order chi connectivity index (χ0) is 9.42. The highest BCUT2D eigenvalue weighted by atomic mass is 32.1. The standard InChI is InChI=1S/C9H13N3S/c10-8(5-1-2-5)7-3-6(4-13-7)9(11)12/h3-5,8H,1-2,10H2,(H3,11,12)/t8-/m1/s1. The van der Waals surface area contributed by atoms with Gasteiger partial charge in [-0.05, 0) is 24.8 Å². The smallest absolute Gasteiger partial charge is 0.123 e. The minimum absolute atomic E-state index is 0.130. The summed E-state index contributed by atoms with van der Waals surface area (Å²) in [5, 5.41) is 9.16. The summed E-state index contributed by atoms with van der Waals surface area (Å²) in [5.74, 6) is 0.795. The molecule has 0 aromatic carbocycles. The molecule has 1 aromatic heterocycles. The molecule has 1 heterocycles. The van der Waals surface area contributed by atoms with Gasteiger partial charge in [-0.1, -0.05) is 0 Å². The summed E-state index contributed by atoms with van der Waals surface area (Å²) < 4.78 is 0. The topological polar surface area (TPSA) is 75.9 Å². The zero-order valence-electron chi connectivity index (χ0n) is 7.29. The molecule has 0 saturated heterocycles. The van der Waals surface area contributed by atoms with E-state index < -0.39 is 0 Å². The number of thiophene rings is 1. The van der Waals surface area contributed by atoms with E-state index in [1.54, 1.807) is 11.3 Å². The summed E-state index contributed by atoms with van der Waals surface area (Å²) >= 11 is 1.61. The van der Waals surface area contributed by atoms with Gasteiger partial charge in [0.1, 0.15) is 5.84 Å². The van der Waals surface area contributed by atoms with Crippen LogP contribution in [-0.4, -0.2) is 5.84 Å². The second kappa shape index (κ2) is 3.12. The molecule has 0 aliphatic heterocycles. The van der Waals surface area contributed by atoms with Crippen LogP contribution in [-0.2, 0) is 0 Å². The highest BCUT2D eigenvalue weighted by Gasteiger charge is 2.30. The van der Waals surface area contributed by atoms with E-state index in [1.165, 1.54) is 12.8 Å². The number of rotatable bonds is 3. The van der Waals surface area contributed by atoms with Gasteiger partial charge < -0.3 is 11.5 Å². The Bertz CT molecular complexity index is 327. The SMILES string of the molecule is N=C(N)c1csc([C@H](N)C2CC2)c1. The van der Waals surface area contributed by atoms with Gasteiger partial charge in [0, 0.05) is 21.9 Å². The molecule has 1 fully saturated rings. The summed E-state index contributed by atoms with van der Waals surface area (Å²) in [6.45, 7) is 0. The summed E-state index contributed by atoms with van der Waals surface area (Å²) in [5.41, 5.74) is 12.2. The number of nitrogen functional groups attached to an aromatic ring is 1. The van der Waals surface area contributed by atoms with E-state index in [2.05, 4.69) is 0 Å². The molecule has 70 valence electrons. The van der Waals surface area contributed by atoms with Crippen LogP contribution in [0, 0.1) is 11.3 Å². The van der Waals surface area contributed by atoms with Crippen LogP contribution in [0.15, 0.2) is 11.4 Å². The van der Waals surface area contributed by atoms with Crippen LogP contribution in [0.25, 0.3) is 0 Å². The van der Waals surface area contributed by atoms with Crippen molar-refractivity contribution < 1.29 is 0 Å². The number of hydrogen-bond acceptors (Lipinski definition) is 3. The Morgan fingerprint density at radius 3 is 2.77 bits per heavy atom. The summed E-state index contributed by atoms with van der Waals surface area (Å²) in [6, 6.07) is 2.11. The molecular formula is C9H13N3S. The van der Waals surface area contributed by atoms with Crippen LogP contribution in [0.3, 0.4) is 0 Å². The van der Waals surface area contributed by atoms with E-state index in [1.807, 2.05) is 11.4 Å². The fraction of sp³-hybridized carbons (Fsp3) is 0.444. The first-order valence-electron chi connectivity index (χ1n) is 4.37. The first-order valence-corrected chi connectivity index (χ1v) is 5.25. The lowest BCUT2D eigenvalue weighted by molar-refractivity contribution is 0.645. The monoisotopic (exact) mass is 195 g/mol. The third-order valence-corrected chi connectivity index (χ3v) is 3.42. The van der Waals surface area contributed by atoms with E-state index >= 15 is 0 Å². The fourth-order valence-electron chi connectivity index (χ4n) is 1.36. The highest BCUT2D eigenvalue weighted by molar-refractivity contribution is 7.10. The predicted octanol–water partition coefficient (Wildman–Crippen LogP) is 1.44. The molecule has 0 unspecified atom stereocenters. The van der Waals surface area contributed by atoms with Crippen molar-refractivity contribution in [2.45, 2.75) is 18.9 Å². The van der Waals surface area contributed by atoms with Crippen LogP contribution < -0.4 is 11.5 Å². The molecule has 2 rings (SSSR count). The van der Waals surface area contributed by atoms with E-state index in [0.29, 0.717) is 5.92 Å². The Morgan fingerprint density at radius 2 is 2.31 bits per heavy atom. The van der Waals surface area contributed by atoms with E-state index in [4.69, 9.17) is 16.9 Å². The molecule has 5 N–H and O–H groups in total. The van der Waals surface area contributed by atoms with Crippen molar-refractivity contribution in [1.29, 1.82) is 5.41 Å². The fourth-order valence-corrected chi connectivity index (χ4v) is 2.36. The summed E-state index contributed by atoms with van der Waals surface area (Å²) in [7, 11) is 0. The maximum absolute atomic E-state index is 7.26. The molecule has 1 atom stereocenters. The average Bonchev–Trinajstić information content (AvgIpc) is 2.81. The molecule has 1 aromatic rings. The molecule has 0 bridgehead atoms. The van der Waals surface area contributed by atoms with Gasteiger partial charge >= 0.3 is 0 Å². The molecular weight excluding hydrogens is 182 g/mol. The molecule has 0 amide bonds. The Morgan fingerprint density at radius 1 is 1.62 bits per heavy atom. The highest BCUT2D eigenvalue weighted by Crippen LogP contribution is 2.41. The minimum Gasteiger partial charge on any atom is -0.384 e. The molecule has 13 heavy (non-hydrogen) atoms. The first kappa shape index (κ1) is 8.72. The van der Waals surface area contributed by atoms with Crippen molar-refractivity contribution in [2.75, 3.05) is 0 Å². The van der Waals surface area contributed by atoms with Gasteiger partial charge in [0.2, 0.25) is 0 Å². The van der Waals surface area contributed by atoms with Crippen LogP contribution in [0.4, 0.5) is 0 Å². The first-order chi connectivity index (χ1) is 6.18. The Labute approximate surface area is 81.3 Å². The summed E-state index contributed by atoms with van der Waals surface area (Å²) in [6.07, 6.45) is 2.49. The number of nitrogens with one attached hydrogen (secondary N) is 1. The van der Waals surface area contributed by atoms with Crippen LogP contribution in [0.1, 0.15) is 29.3 Å². The Hall–Kier alpha value is -0.870. The van der Waals surface area contributed by atoms with Crippen LogP contribution in [0.5, 0.6) is 0 Å². The quantitative estimate of drug-likeness (QED) is 0.504. The Balaban J connectivity index is 2.16. The maximum atomic E-state index is 7.26. The lowest BCUT2D eigenvalue weighted by Crippen LogP contribution is -2.12. The van der Waals surface area contributed by atoms with Crippen molar-refractivity contribution in [3.63, 3.8) is 0 Å². The van der Waals surface area contributed by atoms with Gasteiger partial charge in [-0.25, -0.2) is 0 Å². The van der Waals surface area contributed by atoms with Crippen molar-refractivity contribution in [3.8, 4) is 0 Å². The number of nitrogens with two attached hydrogens (primary N) is 2. The van der Waals surface area contributed by atoms with Crippen LogP contribution in [0.2, 0.25) is 0 Å². The molecule has 1 aliphatic carbocycles. The maximum Gasteiger partial charge on any atom is 0.123 e. The molecule has 0 radical (unpaired) electrons. The molecule has 1 aliphatic rings. The zero-order valence-corrected chi connectivity index (χ0v) is 8.10. The van der Waals surface area contributed by atoms with E-state index in [9.17, 15) is 0 Å². The third kappa shape index (κ3) is 1.73. The second-order valence-corrected chi connectivity index (χ2v) is 4.46. The van der Waals surface area contributed by atoms with Gasteiger partial charge in [0.05, 0.1) is 0 Å². The lowest BCUT2D eigenvalue weighted by atomic mass is 10.1. The van der Waals surface area contributed by atoms with Gasteiger partial charge in [0.15, 0.2) is 0 Å². The van der Waals surface area contributed by atoms with Crippen molar-refractivity contribution >= 4 is 17.2 Å². The van der Waals surface area contributed by atoms with Crippen LogP contribution >= 0.6 is 11.3 Å². The van der Waals surface area contributed by atoms with Gasteiger partial charge in [-0.3, -0.25) is 5.41 Å². The third-order valence-electron chi connectivity index (χ3n) is 2.39. The van der Waals surface area contributed by atoms with E-state index in [0.717, 1.165) is 10.4 Å². The molecule has 1 saturated carbocycles. The summed E-state index contributed by atoms with van der Waals surface area (Å²) in [4.78, 5) is 1.16. The van der Waals surface area contributed by atoms with E-state index in [-0.39, 0.29) is 11.9 Å². The van der Waals surface area contributed by atoms with Gasteiger partial charge in [-0.2, -0.15) is 0 Å². The van der Waals surface area contributed by atoms with Crippen molar-refractivity contribution in [1.82, 2.24) is 0 Å². The van der Waals surface area contributed by atoms with Gasteiger partial charge in [-0.15, -0.1) is 11.3 Å². The minimum atomic E-state index is 0.130. The normalized spacial score (nSPS) is 18.5. The number of hydrogen-bond donors (Lipinski definition) is 3. The predicted molar refractivity (Wildman–Crippen MR) is 55.0 cm³/mol. The average molecular weight is 195 g/mol. The molecule has 4 heteroatoms. The molecule has 3 nitrogen and oxygen atoms in total.